The van der Waals surface area contributed by atoms with E-state index in [1.807, 2.05) is 0 Å². The zero-order valence-electron chi connectivity index (χ0n) is 17.9. The Labute approximate surface area is 192 Å². The number of ether oxygens (including phenoxy) is 1. The minimum absolute atomic E-state index is 0.0646. The number of methoxy groups -OCH3 is 1. The number of rotatable bonds is 7. The van der Waals surface area contributed by atoms with Gasteiger partial charge < -0.3 is 20.3 Å². The van der Waals surface area contributed by atoms with Gasteiger partial charge in [0.2, 0.25) is 17.7 Å². The van der Waals surface area contributed by atoms with Crippen molar-refractivity contribution in [3.63, 3.8) is 0 Å². The van der Waals surface area contributed by atoms with Crippen LogP contribution in [0, 0.1) is 0 Å². The fourth-order valence-corrected chi connectivity index (χ4v) is 4.26. The molecule has 2 aromatic rings. The lowest BCUT2D eigenvalue weighted by Gasteiger charge is -2.27. The number of amides is 3. The fourth-order valence-electron chi connectivity index (χ4n) is 3.17. The van der Waals surface area contributed by atoms with Crippen LogP contribution in [0.4, 0.5) is 24.5 Å². The Hall–Kier alpha value is -3.21. The van der Waals surface area contributed by atoms with Crippen molar-refractivity contribution >= 4 is 40.9 Å². The molecule has 3 rings (SSSR count). The summed E-state index contributed by atoms with van der Waals surface area (Å²) in [6.07, 6.45) is -4.72. The van der Waals surface area contributed by atoms with Gasteiger partial charge in [0.25, 0.3) is 0 Å². The van der Waals surface area contributed by atoms with Gasteiger partial charge in [-0.05, 0) is 49.4 Å². The number of carbonyl (C=O) groups is 3. The summed E-state index contributed by atoms with van der Waals surface area (Å²) in [6.45, 7) is 1.76. The number of hydrogen-bond acceptors (Lipinski definition) is 5. The Balaban J connectivity index is 1.60. The number of fused-ring (bicyclic) bond motifs is 1. The Morgan fingerprint density at radius 3 is 2.48 bits per heavy atom. The lowest BCUT2D eigenvalue weighted by Crippen LogP contribution is -2.41. The van der Waals surface area contributed by atoms with Crippen molar-refractivity contribution in [1.82, 2.24) is 4.90 Å². The minimum Gasteiger partial charge on any atom is -0.497 e. The maximum absolute atomic E-state index is 12.9. The van der Waals surface area contributed by atoms with Gasteiger partial charge in [-0.25, -0.2) is 0 Å². The van der Waals surface area contributed by atoms with Crippen molar-refractivity contribution in [2.24, 2.45) is 0 Å². The van der Waals surface area contributed by atoms with Crippen molar-refractivity contribution in [2.75, 3.05) is 30.8 Å². The number of nitrogens with one attached hydrogen (secondary N) is 2. The maximum Gasteiger partial charge on any atom is 0.416 e. The summed E-state index contributed by atoms with van der Waals surface area (Å²) in [6, 6.07) is 9.79. The van der Waals surface area contributed by atoms with Crippen molar-refractivity contribution < 1.29 is 32.3 Å². The van der Waals surface area contributed by atoms with Crippen LogP contribution in [0.25, 0.3) is 0 Å². The average molecular weight is 481 g/mol. The molecule has 0 aliphatic carbocycles. The highest BCUT2D eigenvalue weighted by atomic mass is 32.2. The molecule has 11 heteroatoms. The predicted molar refractivity (Wildman–Crippen MR) is 118 cm³/mol. The van der Waals surface area contributed by atoms with Crippen LogP contribution in [0.1, 0.15) is 18.9 Å². The Kier molecular flexibility index (Phi) is 7.52. The summed E-state index contributed by atoms with van der Waals surface area (Å²) in [7, 11) is 1.53. The van der Waals surface area contributed by atoms with Crippen LogP contribution in [-0.4, -0.2) is 48.1 Å². The molecule has 2 aromatic carbocycles. The van der Waals surface area contributed by atoms with Crippen LogP contribution >= 0.6 is 11.8 Å². The van der Waals surface area contributed by atoms with E-state index in [1.165, 1.54) is 18.1 Å². The van der Waals surface area contributed by atoms with Gasteiger partial charge in [0.05, 0.1) is 30.2 Å². The molecule has 0 spiro atoms. The molecule has 176 valence electrons. The smallest absolute Gasteiger partial charge is 0.416 e. The molecule has 0 aromatic heterocycles. The SMILES string of the molecule is CCN(CC(=O)Nc1ccc(OC)cc1)C(=O)CC1Sc2ccc(C(F)(F)F)cc2NC1=O. The van der Waals surface area contributed by atoms with Crippen molar-refractivity contribution in [2.45, 2.75) is 29.7 Å². The third kappa shape index (κ3) is 6.19. The van der Waals surface area contributed by atoms with Gasteiger partial charge in [-0.3, -0.25) is 14.4 Å². The number of alkyl halides is 3. The van der Waals surface area contributed by atoms with Crippen LogP contribution in [-0.2, 0) is 20.6 Å². The first-order chi connectivity index (χ1) is 15.6. The molecule has 0 bridgehead atoms. The van der Waals surface area contributed by atoms with Gasteiger partial charge in [-0.1, -0.05) is 0 Å². The number of carbonyl (C=O) groups excluding carboxylic acids is 3. The number of benzene rings is 2. The number of anilines is 2. The molecule has 7 nitrogen and oxygen atoms in total. The number of hydrogen-bond donors (Lipinski definition) is 2. The fraction of sp³-hybridized carbons (Fsp3) is 0.318. The van der Waals surface area contributed by atoms with Crippen LogP contribution in [0.5, 0.6) is 5.75 Å². The van der Waals surface area contributed by atoms with Gasteiger partial charge in [0, 0.05) is 23.5 Å². The van der Waals surface area contributed by atoms with Gasteiger partial charge in [0.1, 0.15) is 5.75 Å². The van der Waals surface area contributed by atoms with E-state index in [9.17, 15) is 27.6 Å². The molecule has 3 amide bonds. The van der Waals surface area contributed by atoms with Crippen molar-refractivity contribution in [3.05, 3.63) is 48.0 Å². The van der Waals surface area contributed by atoms with Crippen LogP contribution < -0.4 is 15.4 Å². The number of thioether (sulfide) groups is 1. The Bertz CT molecular complexity index is 1040. The predicted octanol–water partition coefficient (Wildman–Crippen LogP) is 4.00. The first-order valence-corrected chi connectivity index (χ1v) is 10.9. The van der Waals surface area contributed by atoms with E-state index in [2.05, 4.69) is 10.6 Å². The largest absolute Gasteiger partial charge is 0.497 e. The molecule has 0 radical (unpaired) electrons. The molecule has 1 atom stereocenters. The second-order valence-corrected chi connectivity index (χ2v) is 8.44. The van der Waals surface area contributed by atoms with Crippen molar-refractivity contribution in [1.29, 1.82) is 0 Å². The summed E-state index contributed by atoms with van der Waals surface area (Å²) >= 11 is 1.03. The first-order valence-electron chi connectivity index (χ1n) is 10.0. The highest BCUT2D eigenvalue weighted by Crippen LogP contribution is 2.40. The van der Waals surface area contributed by atoms with E-state index in [4.69, 9.17) is 4.74 Å². The van der Waals surface area contributed by atoms with Gasteiger partial charge >= 0.3 is 6.18 Å². The van der Waals surface area contributed by atoms with E-state index in [1.54, 1.807) is 31.2 Å². The Morgan fingerprint density at radius 2 is 1.88 bits per heavy atom. The summed E-state index contributed by atoms with van der Waals surface area (Å²) in [4.78, 5) is 39.3. The maximum atomic E-state index is 12.9. The normalized spacial score (nSPS) is 15.3. The van der Waals surface area contributed by atoms with Crippen LogP contribution in [0.2, 0.25) is 0 Å². The second-order valence-electron chi connectivity index (χ2n) is 7.19. The molecule has 33 heavy (non-hydrogen) atoms. The van der Waals surface area contributed by atoms with Crippen molar-refractivity contribution in [3.8, 4) is 5.75 Å². The second kappa shape index (κ2) is 10.2. The minimum atomic E-state index is -4.52. The van der Waals surface area contributed by atoms with E-state index in [0.29, 0.717) is 16.3 Å². The molecule has 2 N–H and O–H groups in total. The summed E-state index contributed by atoms with van der Waals surface area (Å²) in [5.74, 6) is -0.733. The molecule has 1 aliphatic rings. The van der Waals surface area contributed by atoms with Crippen LogP contribution in [0.15, 0.2) is 47.4 Å². The molecule has 1 unspecified atom stereocenters. The third-order valence-electron chi connectivity index (χ3n) is 4.93. The quantitative estimate of drug-likeness (QED) is 0.624. The molecule has 0 saturated carbocycles. The zero-order valence-corrected chi connectivity index (χ0v) is 18.7. The standard InChI is InChI=1S/C22H22F3N3O4S/c1-3-28(12-19(29)26-14-5-7-15(32-2)8-6-14)20(30)11-18-21(31)27-16-10-13(22(23,24)25)4-9-17(16)33-18/h4-10,18H,3,11-12H2,1-2H3,(H,26,29)(H,27,31). The molecule has 1 heterocycles. The number of halogens is 3. The van der Waals surface area contributed by atoms with Gasteiger partial charge in [0.15, 0.2) is 0 Å². The van der Waals surface area contributed by atoms with E-state index < -0.39 is 34.7 Å². The highest BCUT2D eigenvalue weighted by molar-refractivity contribution is 8.01. The monoisotopic (exact) mass is 481 g/mol. The van der Waals surface area contributed by atoms with Crippen LogP contribution in [0.3, 0.4) is 0 Å². The first kappa shape index (κ1) is 24.4. The molecule has 0 saturated heterocycles. The summed E-state index contributed by atoms with van der Waals surface area (Å²) < 4.78 is 43.8. The summed E-state index contributed by atoms with van der Waals surface area (Å²) in [5, 5.41) is 4.32. The average Bonchev–Trinajstić information content (AvgIpc) is 2.77. The Morgan fingerprint density at radius 1 is 1.18 bits per heavy atom. The molecular formula is C22H22F3N3O4S. The third-order valence-corrected chi connectivity index (χ3v) is 6.20. The number of nitrogens with zero attached hydrogens (tertiary/aromatic N) is 1. The molecular weight excluding hydrogens is 459 g/mol. The highest BCUT2D eigenvalue weighted by Gasteiger charge is 2.35. The van der Waals surface area contributed by atoms with E-state index >= 15 is 0 Å². The molecule has 0 fully saturated rings. The van der Waals surface area contributed by atoms with E-state index in [-0.39, 0.29) is 25.2 Å². The molecule has 1 aliphatic heterocycles. The lowest BCUT2D eigenvalue weighted by atomic mass is 10.1. The topological polar surface area (TPSA) is 87.7 Å². The van der Waals surface area contributed by atoms with Gasteiger partial charge in [-0.15, -0.1) is 11.8 Å². The zero-order chi connectivity index (χ0) is 24.2. The van der Waals surface area contributed by atoms with E-state index in [0.717, 1.165) is 23.9 Å². The van der Waals surface area contributed by atoms with Gasteiger partial charge in [-0.2, -0.15) is 13.2 Å². The lowest BCUT2D eigenvalue weighted by molar-refractivity contribution is -0.137. The number of likely N-dealkylation sites (N-methyl/N-ethyl adjacent to an activating group) is 1. The summed E-state index contributed by atoms with van der Waals surface area (Å²) in [5.41, 5.74) is -0.257.